The van der Waals surface area contributed by atoms with Crippen LogP contribution < -0.4 is 0 Å². The molecule has 6 nitrogen and oxygen atoms in total. The van der Waals surface area contributed by atoms with E-state index in [1.165, 1.54) is 4.90 Å². The Morgan fingerprint density at radius 2 is 1.86 bits per heavy atom. The molecule has 200 valence electrons. The molecule has 1 unspecified atom stereocenters. The van der Waals surface area contributed by atoms with Crippen LogP contribution in [0.4, 0.5) is 4.79 Å². The fourth-order valence-corrected chi connectivity index (χ4v) is 7.83. The van der Waals surface area contributed by atoms with Crippen LogP contribution in [0, 0.1) is 0 Å². The highest BCUT2D eigenvalue weighted by atomic mass is 32.1. The molecule has 1 fully saturated rings. The predicted molar refractivity (Wildman–Crippen MR) is 154 cm³/mol. The number of rotatable bonds is 14. The fourth-order valence-electron chi connectivity index (χ4n) is 4.67. The Hall–Kier alpha value is -1.26. The molecule has 1 aliphatic rings. The summed E-state index contributed by atoms with van der Waals surface area (Å²) in [7, 11) is -1.84. The van der Waals surface area contributed by atoms with Gasteiger partial charge in [0.05, 0.1) is 24.2 Å². The summed E-state index contributed by atoms with van der Waals surface area (Å²) in [5, 5.41) is 10.7. The topological polar surface area (TPSA) is 76.1 Å². The summed E-state index contributed by atoms with van der Waals surface area (Å²) < 4.78 is 11.9. The van der Waals surface area contributed by atoms with Gasteiger partial charge in [-0.15, -0.1) is 6.58 Å². The van der Waals surface area contributed by atoms with Gasteiger partial charge in [-0.25, -0.2) is 9.69 Å². The van der Waals surface area contributed by atoms with Gasteiger partial charge < -0.3 is 14.3 Å². The van der Waals surface area contributed by atoms with E-state index in [2.05, 4.69) is 34.3 Å². The average Bonchev–Trinajstić information content (AvgIpc) is 3.17. The van der Waals surface area contributed by atoms with Crippen LogP contribution in [0.5, 0.6) is 0 Å². The van der Waals surface area contributed by atoms with Crippen LogP contribution in [0.1, 0.15) is 58.9 Å². The molecule has 1 saturated heterocycles. The maximum absolute atomic E-state index is 12.9. The van der Waals surface area contributed by atoms with E-state index in [0.717, 1.165) is 23.7 Å². The lowest BCUT2D eigenvalue weighted by molar-refractivity contribution is -0.131. The zero-order valence-electron chi connectivity index (χ0n) is 21.7. The fraction of sp³-hybridized carbons (Fsp3) is 0.615. The molecular weight excluding hydrogens is 499 g/mol. The number of carbonyl (C=O) groups is 2. The largest absolute Gasteiger partial charge is 0.447 e. The Bertz CT molecular complexity index is 785. The molecule has 9 heteroatoms. The van der Waals surface area contributed by atoms with Crippen molar-refractivity contribution in [1.82, 2.24) is 4.90 Å². The smallest absolute Gasteiger partial charge is 0.416 e. The van der Waals surface area contributed by atoms with E-state index in [-0.39, 0.29) is 46.1 Å². The molecule has 1 aliphatic heterocycles. The Morgan fingerprint density at radius 3 is 2.40 bits per heavy atom. The molecule has 1 N–H and O–H groups in total. The monoisotopic (exact) mass is 543 g/mol. The number of imide groups is 1. The normalized spacial score (nSPS) is 18.0. The third-order valence-electron chi connectivity index (χ3n) is 6.93. The maximum Gasteiger partial charge on any atom is 0.416 e. The molecule has 3 atom stereocenters. The zero-order chi connectivity index (χ0) is 24.5. The summed E-state index contributed by atoms with van der Waals surface area (Å²) in [5.74, 6) is -0.392. The number of hydrogen-bond acceptors (Lipinski definition) is 5. The van der Waals surface area contributed by atoms with Gasteiger partial charge in [0.2, 0.25) is 5.91 Å². The lowest BCUT2D eigenvalue weighted by Gasteiger charge is -2.40. The van der Waals surface area contributed by atoms with Crippen LogP contribution in [-0.4, -0.2) is 54.7 Å². The van der Waals surface area contributed by atoms with Crippen molar-refractivity contribution in [3.8, 4) is 0 Å². The summed E-state index contributed by atoms with van der Waals surface area (Å²) in [4.78, 5) is 26.3. The van der Waals surface area contributed by atoms with E-state index in [4.69, 9.17) is 9.16 Å². The van der Waals surface area contributed by atoms with Crippen molar-refractivity contribution in [3.63, 3.8) is 0 Å². The van der Waals surface area contributed by atoms with E-state index in [1.54, 1.807) is 0 Å². The van der Waals surface area contributed by atoms with Gasteiger partial charge in [0.15, 0.2) is 8.32 Å². The van der Waals surface area contributed by atoms with E-state index in [1.807, 2.05) is 36.4 Å². The predicted octanol–water partition coefficient (Wildman–Crippen LogP) is 5.69. The van der Waals surface area contributed by atoms with E-state index < -0.39 is 32.0 Å². The van der Waals surface area contributed by atoms with Gasteiger partial charge >= 0.3 is 6.09 Å². The quantitative estimate of drug-likeness (QED) is 0.241. The Balaban J connectivity index is 0.00000578. The molecule has 1 aromatic rings. The number of aliphatic hydroxyl groups excluding tert-OH is 1. The van der Waals surface area contributed by atoms with Crippen molar-refractivity contribution in [2.75, 3.05) is 6.61 Å². The highest BCUT2D eigenvalue weighted by Crippen LogP contribution is 2.33. The van der Waals surface area contributed by atoms with Crippen LogP contribution in [0.2, 0.25) is 18.1 Å². The summed E-state index contributed by atoms with van der Waals surface area (Å²) in [6.07, 6.45) is 2.56. The van der Waals surface area contributed by atoms with Crippen LogP contribution >= 0.6 is 27.0 Å². The summed E-state index contributed by atoms with van der Waals surface area (Å²) in [5.41, 5.74) is 0.620. The first-order chi connectivity index (χ1) is 15.7. The minimum atomic E-state index is -1.84. The van der Waals surface area contributed by atoms with Crippen molar-refractivity contribution >= 4 is 47.3 Å². The molecule has 1 heterocycles. The Morgan fingerprint density at radius 1 is 1.26 bits per heavy atom. The molecule has 35 heavy (non-hydrogen) atoms. The van der Waals surface area contributed by atoms with Crippen molar-refractivity contribution in [3.05, 3.63) is 48.6 Å². The van der Waals surface area contributed by atoms with Gasteiger partial charge in [0, 0.05) is 0 Å². The molecule has 1 aromatic carbocycles. The lowest BCUT2D eigenvalue weighted by Crippen LogP contribution is -2.46. The first kappa shape index (κ1) is 33.7. The number of ether oxygens (including phenoxy) is 1. The third-order valence-corrected chi connectivity index (χ3v) is 11.7. The number of amides is 2. The Labute approximate surface area is 226 Å². The van der Waals surface area contributed by atoms with Crippen molar-refractivity contribution in [2.45, 2.75) is 95.7 Å². The first-order valence-electron chi connectivity index (χ1n) is 12.2. The van der Waals surface area contributed by atoms with Gasteiger partial charge in [-0.1, -0.05) is 57.2 Å². The molecule has 2 amide bonds. The van der Waals surface area contributed by atoms with E-state index in [9.17, 15) is 14.7 Å². The average molecular weight is 544 g/mol. The number of aliphatic hydroxyl groups is 1. The highest BCUT2D eigenvalue weighted by molar-refractivity contribution is 7.59. The standard InChI is InChI=1S/C26H41NO5Si.2H2S/c1-6-16-26(5,32-33(7-2,8-3)9-4)17-15-23(28)19-24(29)27-22(20-31-25(27)30)18-21-13-11-10-12-14-21;;/h6,10-14,22-23,28H,1,7-9,15-20H2,2-5H3;2*1H2/t22-,23-,26?;;/m0../s1. The molecular formula is C26H45NO5S2Si. The summed E-state index contributed by atoms with van der Waals surface area (Å²) in [6, 6.07) is 12.5. The molecule has 0 spiro atoms. The van der Waals surface area contributed by atoms with Crippen LogP contribution in [0.3, 0.4) is 0 Å². The molecule has 0 aromatic heterocycles. The van der Waals surface area contributed by atoms with Gasteiger partial charge in [0.25, 0.3) is 0 Å². The van der Waals surface area contributed by atoms with Crippen molar-refractivity contribution < 1.29 is 23.9 Å². The number of cyclic esters (lactones) is 1. The number of benzene rings is 1. The summed E-state index contributed by atoms with van der Waals surface area (Å²) >= 11 is 0. The van der Waals surface area contributed by atoms with Gasteiger partial charge in [-0.2, -0.15) is 27.0 Å². The van der Waals surface area contributed by atoms with Gasteiger partial charge in [-0.3, -0.25) is 4.79 Å². The van der Waals surface area contributed by atoms with Gasteiger partial charge in [-0.05, 0) is 56.3 Å². The minimum absolute atomic E-state index is 0. The van der Waals surface area contributed by atoms with Crippen LogP contribution in [0.15, 0.2) is 43.0 Å². The van der Waals surface area contributed by atoms with E-state index >= 15 is 0 Å². The minimum Gasteiger partial charge on any atom is -0.447 e. The third kappa shape index (κ3) is 9.61. The first-order valence-corrected chi connectivity index (χ1v) is 14.8. The number of hydrogen-bond donors (Lipinski definition) is 1. The molecule has 0 radical (unpaired) electrons. The molecule has 0 saturated carbocycles. The second kappa shape index (κ2) is 15.8. The number of nitrogens with zero attached hydrogens (tertiary/aromatic N) is 1. The Kier molecular flexibility index (Phi) is 15.2. The van der Waals surface area contributed by atoms with Crippen molar-refractivity contribution in [2.24, 2.45) is 0 Å². The summed E-state index contributed by atoms with van der Waals surface area (Å²) in [6.45, 7) is 12.7. The zero-order valence-corrected chi connectivity index (χ0v) is 24.7. The molecule has 2 rings (SSSR count). The van der Waals surface area contributed by atoms with Crippen LogP contribution in [-0.2, 0) is 20.4 Å². The molecule has 0 aliphatic carbocycles. The molecule has 0 bridgehead atoms. The second-order valence-corrected chi connectivity index (χ2v) is 14.1. The number of carbonyl (C=O) groups excluding carboxylic acids is 2. The lowest BCUT2D eigenvalue weighted by atomic mass is 9.93. The van der Waals surface area contributed by atoms with Gasteiger partial charge in [0.1, 0.15) is 6.61 Å². The van der Waals surface area contributed by atoms with E-state index in [0.29, 0.717) is 25.7 Å². The van der Waals surface area contributed by atoms with Crippen molar-refractivity contribution in [1.29, 1.82) is 0 Å². The maximum atomic E-state index is 12.9. The van der Waals surface area contributed by atoms with Crippen LogP contribution in [0.25, 0.3) is 0 Å². The second-order valence-electron chi connectivity index (χ2n) is 9.37. The highest BCUT2D eigenvalue weighted by Gasteiger charge is 2.40. The SMILES string of the molecule is C=CCC(C)(CC[C@H](O)CC(=O)N1C(=O)OC[C@@H]1Cc1ccccc1)O[Si](CC)(CC)CC.S.S.